The second-order valence-electron chi connectivity index (χ2n) is 5.21. The van der Waals surface area contributed by atoms with Crippen LogP contribution in [0.3, 0.4) is 0 Å². The molecule has 2 rings (SSSR count). The van der Waals surface area contributed by atoms with E-state index in [0.29, 0.717) is 12.3 Å². The molecule has 1 aliphatic rings. The Morgan fingerprint density at radius 1 is 1.29 bits per heavy atom. The van der Waals surface area contributed by atoms with Crippen molar-refractivity contribution in [2.24, 2.45) is 11.8 Å². The summed E-state index contributed by atoms with van der Waals surface area (Å²) in [6.07, 6.45) is 2.37. The summed E-state index contributed by atoms with van der Waals surface area (Å²) in [5, 5.41) is 10.7. The molecule has 1 aromatic carbocycles. The first-order valence-electron chi connectivity index (χ1n) is 6.13. The minimum Gasteiger partial charge on any atom is -0.385 e. The van der Waals surface area contributed by atoms with Gasteiger partial charge in [-0.1, -0.05) is 20.3 Å². The van der Waals surface area contributed by atoms with Crippen LogP contribution in [0.1, 0.15) is 38.7 Å². The van der Waals surface area contributed by atoms with Crippen LogP contribution in [0.4, 0.5) is 8.78 Å². The van der Waals surface area contributed by atoms with Gasteiger partial charge >= 0.3 is 0 Å². The Kier molecular flexibility index (Phi) is 3.21. The van der Waals surface area contributed by atoms with E-state index in [1.807, 2.05) is 13.8 Å². The lowest BCUT2D eigenvalue weighted by Gasteiger charge is -2.42. The van der Waals surface area contributed by atoms with Crippen molar-refractivity contribution in [1.29, 1.82) is 0 Å². The molecule has 94 valence electrons. The van der Waals surface area contributed by atoms with Gasteiger partial charge in [0.1, 0.15) is 11.6 Å². The zero-order valence-corrected chi connectivity index (χ0v) is 10.2. The van der Waals surface area contributed by atoms with Crippen LogP contribution >= 0.6 is 0 Å². The van der Waals surface area contributed by atoms with E-state index in [1.165, 1.54) is 0 Å². The molecule has 1 fully saturated rings. The molecular formula is C14H18F2O. The van der Waals surface area contributed by atoms with Crippen molar-refractivity contribution in [2.45, 2.75) is 38.7 Å². The molecule has 3 atom stereocenters. The van der Waals surface area contributed by atoms with E-state index in [9.17, 15) is 13.9 Å². The smallest absolute Gasteiger partial charge is 0.129 e. The molecular weight excluding hydrogens is 222 g/mol. The maximum atomic E-state index is 13.8. The highest BCUT2D eigenvalue weighted by Gasteiger charge is 2.42. The molecule has 1 aliphatic carbocycles. The third-order valence-corrected chi connectivity index (χ3v) is 4.22. The first-order chi connectivity index (χ1) is 7.95. The third-order valence-electron chi connectivity index (χ3n) is 4.22. The lowest BCUT2D eigenvalue weighted by atomic mass is 9.67. The first-order valence-corrected chi connectivity index (χ1v) is 6.13. The highest BCUT2D eigenvalue weighted by atomic mass is 19.1. The largest absolute Gasteiger partial charge is 0.385 e. The summed E-state index contributed by atoms with van der Waals surface area (Å²) in [5.74, 6) is -0.765. The average molecular weight is 240 g/mol. The topological polar surface area (TPSA) is 20.2 Å². The van der Waals surface area contributed by atoms with Gasteiger partial charge in [0, 0.05) is 5.56 Å². The number of halogens is 2. The van der Waals surface area contributed by atoms with E-state index in [2.05, 4.69) is 0 Å². The van der Waals surface area contributed by atoms with E-state index in [1.54, 1.807) is 0 Å². The van der Waals surface area contributed by atoms with E-state index >= 15 is 0 Å². The predicted octanol–water partition coefficient (Wildman–Crippen LogP) is 3.61. The molecule has 3 heteroatoms. The maximum absolute atomic E-state index is 13.8. The van der Waals surface area contributed by atoms with Crippen molar-refractivity contribution in [3.8, 4) is 0 Å². The molecule has 0 amide bonds. The summed E-state index contributed by atoms with van der Waals surface area (Å²) in [7, 11) is 0. The lowest BCUT2D eigenvalue weighted by molar-refractivity contribution is -0.0714. The van der Waals surface area contributed by atoms with Gasteiger partial charge in [0.15, 0.2) is 0 Å². The van der Waals surface area contributed by atoms with Crippen molar-refractivity contribution < 1.29 is 13.9 Å². The van der Waals surface area contributed by atoms with Crippen molar-refractivity contribution in [3.63, 3.8) is 0 Å². The fourth-order valence-corrected chi connectivity index (χ4v) is 2.85. The molecule has 0 radical (unpaired) electrons. The summed E-state index contributed by atoms with van der Waals surface area (Å²) in [6, 6.07) is 3.30. The fraction of sp³-hybridized carbons (Fsp3) is 0.571. The molecule has 0 saturated heterocycles. The zero-order valence-electron chi connectivity index (χ0n) is 10.2. The highest BCUT2D eigenvalue weighted by Crippen LogP contribution is 2.45. The van der Waals surface area contributed by atoms with Crippen LogP contribution in [0.15, 0.2) is 18.2 Å². The Labute approximate surface area is 100 Å². The van der Waals surface area contributed by atoms with Gasteiger partial charge in [0.25, 0.3) is 0 Å². The van der Waals surface area contributed by atoms with Crippen molar-refractivity contribution >= 4 is 0 Å². The molecule has 0 aromatic heterocycles. The number of hydrogen-bond donors (Lipinski definition) is 1. The quantitative estimate of drug-likeness (QED) is 0.795. The number of aliphatic hydroxyl groups is 1. The molecule has 1 aromatic rings. The van der Waals surface area contributed by atoms with Gasteiger partial charge in [-0.2, -0.15) is 0 Å². The first kappa shape index (κ1) is 12.5. The number of benzene rings is 1. The Bertz CT molecular complexity index is 419. The standard InChI is InChI=1S/C14H18F2O/c1-9-4-3-7-14(17,10(9)2)12-8-11(15)5-6-13(12)16/h5-6,8-10,17H,3-4,7H2,1-2H3. The summed E-state index contributed by atoms with van der Waals surface area (Å²) in [5.41, 5.74) is -1.12. The van der Waals surface area contributed by atoms with Gasteiger partial charge in [0.05, 0.1) is 5.60 Å². The summed E-state index contributed by atoms with van der Waals surface area (Å²) in [6.45, 7) is 3.96. The molecule has 0 heterocycles. The fourth-order valence-electron chi connectivity index (χ4n) is 2.85. The minimum absolute atomic E-state index is 0.0625. The summed E-state index contributed by atoms with van der Waals surface area (Å²) < 4.78 is 27.0. The normalized spacial score (nSPS) is 33.7. The Balaban J connectivity index is 2.46. The molecule has 3 unspecified atom stereocenters. The monoisotopic (exact) mass is 240 g/mol. The Morgan fingerprint density at radius 3 is 2.71 bits per heavy atom. The Hall–Kier alpha value is -0.960. The van der Waals surface area contributed by atoms with Gasteiger partial charge < -0.3 is 5.11 Å². The average Bonchev–Trinajstić information content (AvgIpc) is 2.29. The second-order valence-corrected chi connectivity index (χ2v) is 5.21. The number of hydrogen-bond acceptors (Lipinski definition) is 1. The van der Waals surface area contributed by atoms with E-state index < -0.39 is 17.2 Å². The molecule has 1 N–H and O–H groups in total. The SMILES string of the molecule is CC1CCCC(O)(c2cc(F)ccc2F)C1C. The van der Waals surface area contributed by atoms with Crippen LogP contribution in [0.25, 0.3) is 0 Å². The number of rotatable bonds is 1. The maximum Gasteiger partial charge on any atom is 0.129 e. The predicted molar refractivity (Wildman–Crippen MR) is 62.4 cm³/mol. The zero-order chi connectivity index (χ0) is 12.6. The van der Waals surface area contributed by atoms with Crippen LogP contribution in [-0.4, -0.2) is 5.11 Å². The van der Waals surface area contributed by atoms with E-state index in [4.69, 9.17) is 0 Å². The summed E-state index contributed by atoms with van der Waals surface area (Å²) >= 11 is 0. The van der Waals surface area contributed by atoms with E-state index in [0.717, 1.165) is 31.0 Å². The molecule has 0 bridgehead atoms. The third kappa shape index (κ3) is 2.08. The van der Waals surface area contributed by atoms with Gasteiger partial charge in [-0.05, 0) is 42.9 Å². The second kappa shape index (κ2) is 4.37. The van der Waals surface area contributed by atoms with Crippen molar-refractivity contribution in [3.05, 3.63) is 35.4 Å². The van der Waals surface area contributed by atoms with Crippen molar-refractivity contribution in [2.75, 3.05) is 0 Å². The van der Waals surface area contributed by atoms with Gasteiger partial charge in [-0.3, -0.25) is 0 Å². The minimum atomic E-state index is -1.23. The van der Waals surface area contributed by atoms with Crippen LogP contribution in [0.5, 0.6) is 0 Å². The van der Waals surface area contributed by atoms with Gasteiger partial charge in [-0.15, -0.1) is 0 Å². The van der Waals surface area contributed by atoms with Crippen LogP contribution < -0.4 is 0 Å². The molecule has 0 spiro atoms. The van der Waals surface area contributed by atoms with Gasteiger partial charge in [0.2, 0.25) is 0 Å². The van der Waals surface area contributed by atoms with Crippen LogP contribution in [0.2, 0.25) is 0 Å². The lowest BCUT2D eigenvalue weighted by Crippen LogP contribution is -2.41. The summed E-state index contributed by atoms with van der Waals surface area (Å²) in [4.78, 5) is 0. The molecule has 17 heavy (non-hydrogen) atoms. The van der Waals surface area contributed by atoms with Gasteiger partial charge in [-0.25, -0.2) is 8.78 Å². The highest BCUT2D eigenvalue weighted by molar-refractivity contribution is 5.26. The molecule has 1 saturated carbocycles. The van der Waals surface area contributed by atoms with Crippen LogP contribution in [0, 0.1) is 23.5 Å². The van der Waals surface area contributed by atoms with E-state index in [-0.39, 0.29) is 11.5 Å². The van der Waals surface area contributed by atoms with Crippen molar-refractivity contribution in [1.82, 2.24) is 0 Å². The molecule has 0 aliphatic heterocycles. The Morgan fingerprint density at radius 2 is 2.00 bits per heavy atom. The van der Waals surface area contributed by atoms with Crippen LogP contribution in [-0.2, 0) is 5.60 Å². The molecule has 1 nitrogen and oxygen atoms in total.